The second-order valence-electron chi connectivity index (χ2n) is 4.85. The lowest BCUT2D eigenvalue weighted by atomic mass is 9.77. The Morgan fingerprint density at radius 2 is 1.92 bits per heavy atom. The zero-order valence-corrected chi connectivity index (χ0v) is 9.25. The Labute approximate surface area is 81.9 Å². The molecule has 2 unspecified atom stereocenters. The molecule has 0 aliphatic heterocycles. The summed E-state index contributed by atoms with van der Waals surface area (Å²) in [5.74, 6) is 1.72. The summed E-state index contributed by atoms with van der Waals surface area (Å²) in [6, 6.07) is 0. The highest BCUT2D eigenvalue weighted by Gasteiger charge is 2.27. The topological polar surface area (TPSA) is 20.2 Å². The van der Waals surface area contributed by atoms with Crippen molar-refractivity contribution >= 4 is 0 Å². The maximum atomic E-state index is 9.79. The van der Waals surface area contributed by atoms with Crippen molar-refractivity contribution < 1.29 is 5.11 Å². The van der Waals surface area contributed by atoms with Crippen LogP contribution >= 0.6 is 0 Å². The summed E-state index contributed by atoms with van der Waals surface area (Å²) in [5, 5.41) is 9.79. The quantitative estimate of drug-likeness (QED) is 0.651. The molecule has 2 atom stereocenters. The van der Waals surface area contributed by atoms with Gasteiger partial charge in [0.2, 0.25) is 0 Å². The number of allylic oxidation sites excluding steroid dienone is 1. The van der Waals surface area contributed by atoms with Crippen LogP contribution in [0.3, 0.4) is 0 Å². The minimum Gasteiger partial charge on any atom is -0.392 e. The van der Waals surface area contributed by atoms with Gasteiger partial charge in [-0.2, -0.15) is 0 Å². The molecule has 0 saturated heterocycles. The molecule has 1 N–H and O–H groups in total. The normalized spacial score (nSPS) is 29.6. The number of hydrogen-bond donors (Lipinski definition) is 1. The van der Waals surface area contributed by atoms with Crippen molar-refractivity contribution in [3.8, 4) is 0 Å². The van der Waals surface area contributed by atoms with Gasteiger partial charge in [0.05, 0.1) is 6.10 Å². The largest absolute Gasteiger partial charge is 0.392 e. The molecule has 0 radical (unpaired) electrons. The monoisotopic (exact) mass is 182 g/mol. The summed E-state index contributed by atoms with van der Waals surface area (Å²) in [6.45, 7) is 8.89. The first-order chi connectivity index (χ1) is 6.02. The highest BCUT2D eigenvalue weighted by Crippen LogP contribution is 2.33. The highest BCUT2D eigenvalue weighted by molar-refractivity contribution is 5.11. The lowest BCUT2D eigenvalue weighted by molar-refractivity contribution is 0.0755. The molecule has 0 saturated carbocycles. The minimum absolute atomic E-state index is 0.109. The van der Waals surface area contributed by atoms with Crippen molar-refractivity contribution in [1.82, 2.24) is 0 Å². The summed E-state index contributed by atoms with van der Waals surface area (Å²) in [5.41, 5.74) is 1.53. The van der Waals surface area contributed by atoms with Crippen molar-refractivity contribution in [3.63, 3.8) is 0 Å². The van der Waals surface area contributed by atoms with Crippen LogP contribution in [0.1, 0.15) is 40.5 Å². The minimum atomic E-state index is -0.109. The molecule has 1 aliphatic rings. The van der Waals surface area contributed by atoms with E-state index in [-0.39, 0.29) is 6.10 Å². The first-order valence-corrected chi connectivity index (χ1v) is 5.39. The molecule has 0 heterocycles. The van der Waals surface area contributed by atoms with E-state index in [4.69, 9.17) is 0 Å². The predicted molar refractivity (Wildman–Crippen MR) is 56.5 cm³/mol. The lowest BCUT2D eigenvalue weighted by Gasteiger charge is -2.32. The SMILES string of the molecule is CC(C)C1=CCC(O)C(C(C)C)C1. The summed E-state index contributed by atoms with van der Waals surface area (Å²) in [4.78, 5) is 0. The third-order valence-electron chi connectivity index (χ3n) is 3.19. The first-order valence-electron chi connectivity index (χ1n) is 5.39. The molecule has 76 valence electrons. The van der Waals surface area contributed by atoms with Crippen LogP contribution in [-0.4, -0.2) is 11.2 Å². The van der Waals surface area contributed by atoms with E-state index in [1.54, 1.807) is 0 Å². The van der Waals surface area contributed by atoms with Gasteiger partial charge in [0.15, 0.2) is 0 Å². The van der Waals surface area contributed by atoms with Gasteiger partial charge in [-0.05, 0) is 30.6 Å². The molecule has 1 rings (SSSR count). The van der Waals surface area contributed by atoms with Crippen LogP contribution in [0.15, 0.2) is 11.6 Å². The van der Waals surface area contributed by atoms with E-state index < -0.39 is 0 Å². The lowest BCUT2D eigenvalue weighted by Crippen LogP contribution is -2.29. The van der Waals surface area contributed by atoms with Gasteiger partial charge in [-0.1, -0.05) is 39.3 Å². The van der Waals surface area contributed by atoms with Gasteiger partial charge < -0.3 is 5.11 Å². The average molecular weight is 182 g/mol. The van der Waals surface area contributed by atoms with Crippen LogP contribution in [0.5, 0.6) is 0 Å². The van der Waals surface area contributed by atoms with Crippen LogP contribution < -0.4 is 0 Å². The Bertz CT molecular complexity index is 191. The molecular weight excluding hydrogens is 160 g/mol. The fourth-order valence-corrected chi connectivity index (χ4v) is 2.09. The van der Waals surface area contributed by atoms with Crippen LogP contribution in [0.2, 0.25) is 0 Å². The van der Waals surface area contributed by atoms with Crippen LogP contribution in [0, 0.1) is 17.8 Å². The molecule has 0 bridgehead atoms. The van der Waals surface area contributed by atoms with Gasteiger partial charge in [0.1, 0.15) is 0 Å². The van der Waals surface area contributed by atoms with Gasteiger partial charge in [-0.15, -0.1) is 0 Å². The Hall–Kier alpha value is -0.300. The highest BCUT2D eigenvalue weighted by atomic mass is 16.3. The van der Waals surface area contributed by atoms with Gasteiger partial charge >= 0.3 is 0 Å². The number of aliphatic hydroxyl groups is 1. The number of aliphatic hydroxyl groups excluding tert-OH is 1. The second kappa shape index (κ2) is 4.28. The summed E-state index contributed by atoms with van der Waals surface area (Å²) < 4.78 is 0. The Balaban J connectivity index is 2.66. The van der Waals surface area contributed by atoms with Crippen molar-refractivity contribution in [2.45, 2.75) is 46.6 Å². The van der Waals surface area contributed by atoms with Crippen LogP contribution in [-0.2, 0) is 0 Å². The fraction of sp³-hybridized carbons (Fsp3) is 0.833. The third-order valence-corrected chi connectivity index (χ3v) is 3.19. The molecular formula is C12H22O. The van der Waals surface area contributed by atoms with Gasteiger partial charge in [0, 0.05) is 0 Å². The third kappa shape index (κ3) is 2.57. The van der Waals surface area contributed by atoms with Gasteiger partial charge in [-0.3, -0.25) is 0 Å². The molecule has 0 spiro atoms. The molecule has 13 heavy (non-hydrogen) atoms. The van der Waals surface area contributed by atoms with Crippen molar-refractivity contribution in [2.24, 2.45) is 17.8 Å². The van der Waals surface area contributed by atoms with E-state index >= 15 is 0 Å². The van der Waals surface area contributed by atoms with E-state index in [9.17, 15) is 5.11 Å². The Morgan fingerprint density at radius 1 is 1.31 bits per heavy atom. The van der Waals surface area contributed by atoms with Crippen LogP contribution in [0.4, 0.5) is 0 Å². The predicted octanol–water partition coefficient (Wildman–Crippen LogP) is 3.00. The van der Waals surface area contributed by atoms with Gasteiger partial charge in [0.25, 0.3) is 0 Å². The zero-order chi connectivity index (χ0) is 10.0. The standard InChI is InChI=1S/C12H22O/c1-8(2)10-5-6-12(13)11(7-10)9(3)4/h5,8-9,11-13H,6-7H2,1-4H3. The smallest absolute Gasteiger partial charge is 0.0608 e. The van der Waals surface area contributed by atoms with Crippen molar-refractivity contribution in [2.75, 3.05) is 0 Å². The maximum Gasteiger partial charge on any atom is 0.0608 e. The average Bonchev–Trinajstić information content (AvgIpc) is 2.04. The molecule has 0 aromatic rings. The number of rotatable bonds is 2. The Kier molecular flexibility index (Phi) is 3.55. The second-order valence-corrected chi connectivity index (χ2v) is 4.85. The summed E-state index contributed by atoms with van der Waals surface area (Å²) in [6.07, 6.45) is 4.07. The maximum absolute atomic E-state index is 9.79. The van der Waals surface area contributed by atoms with Crippen molar-refractivity contribution in [1.29, 1.82) is 0 Å². The summed E-state index contributed by atoms with van der Waals surface area (Å²) in [7, 11) is 0. The zero-order valence-electron chi connectivity index (χ0n) is 9.25. The van der Waals surface area contributed by atoms with E-state index in [0.29, 0.717) is 17.8 Å². The molecule has 1 nitrogen and oxygen atoms in total. The first kappa shape index (κ1) is 10.8. The Morgan fingerprint density at radius 3 is 2.38 bits per heavy atom. The molecule has 0 aromatic carbocycles. The number of hydrogen-bond acceptors (Lipinski definition) is 1. The molecule has 0 amide bonds. The van der Waals surface area contributed by atoms with Crippen LogP contribution in [0.25, 0.3) is 0 Å². The van der Waals surface area contributed by atoms with E-state index in [1.165, 1.54) is 5.57 Å². The summed E-state index contributed by atoms with van der Waals surface area (Å²) >= 11 is 0. The van der Waals surface area contributed by atoms with E-state index in [0.717, 1.165) is 12.8 Å². The fourth-order valence-electron chi connectivity index (χ4n) is 2.09. The van der Waals surface area contributed by atoms with E-state index in [2.05, 4.69) is 33.8 Å². The molecule has 1 aliphatic carbocycles. The van der Waals surface area contributed by atoms with Crippen molar-refractivity contribution in [3.05, 3.63) is 11.6 Å². The molecule has 0 aromatic heterocycles. The molecule has 0 fully saturated rings. The van der Waals surface area contributed by atoms with Gasteiger partial charge in [-0.25, -0.2) is 0 Å². The van der Waals surface area contributed by atoms with E-state index in [1.807, 2.05) is 0 Å². The molecule has 1 heteroatoms.